The number of nitrogens with zero attached hydrogens (tertiary/aromatic N) is 4. The number of benzene rings is 2. The maximum Gasteiger partial charge on any atom is 0.410 e. The first-order valence-corrected chi connectivity index (χ1v) is 18.6. The normalized spacial score (nSPS) is 15.8. The molecule has 6 rings (SSSR count). The fourth-order valence-corrected chi connectivity index (χ4v) is 6.12. The summed E-state index contributed by atoms with van der Waals surface area (Å²) in [7, 11) is 0. The summed E-state index contributed by atoms with van der Waals surface area (Å²) in [5.74, 6) is 1.64. The Morgan fingerprint density at radius 1 is 0.717 bits per heavy atom. The Bertz CT molecular complexity index is 1810. The molecule has 4 aromatic rings. The largest absolute Gasteiger partial charge is 0.444 e. The molecule has 4 heterocycles. The van der Waals surface area contributed by atoms with Gasteiger partial charge in [-0.1, -0.05) is 71.0 Å². The van der Waals surface area contributed by atoms with Gasteiger partial charge in [0.25, 0.3) is 0 Å². The molecule has 0 spiro atoms. The zero-order valence-corrected chi connectivity index (χ0v) is 33.5. The van der Waals surface area contributed by atoms with Crippen LogP contribution in [0.5, 0.6) is 0 Å². The van der Waals surface area contributed by atoms with Crippen LogP contribution in [0.25, 0.3) is 22.5 Å². The van der Waals surface area contributed by atoms with Crippen molar-refractivity contribution in [3.8, 4) is 22.5 Å². The van der Waals surface area contributed by atoms with Crippen molar-refractivity contribution in [2.45, 2.75) is 97.9 Å². The van der Waals surface area contributed by atoms with Crippen molar-refractivity contribution in [1.29, 1.82) is 0 Å². The Balaban J connectivity index is 0.000000196. The van der Waals surface area contributed by atoms with E-state index in [9.17, 15) is 19.5 Å². The molecule has 0 bridgehead atoms. The van der Waals surface area contributed by atoms with Gasteiger partial charge in [-0.3, -0.25) is 4.79 Å². The summed E-state index contributed by atoms with van der Waals surface area (Å²) in [6.07, 6.45) is 1.08. The first kappa shape index (κ1) is 41.3. The monoisotopic (exact) mass is 794 g/mol. The molecular formula is C40H51BrN4O8. The minimum absolute atomic E-state index is 0.227. The number of piperidine rings is 2. The molecular weight excluding hydrogens is 744 g/mol. The second-order valence-electron chi connectivity index (χ2n) is 15.1. The first-order chi connectivity index (χ1) is 24.9. The van der Waals surface area contributed by atoms with Crippen LogP contribution in [-0.4, -0.2) is 80.6 Å². The minimum atomic E-state index is -1.08. The zero-order chi connectivity index (χ0) is 39.0. The lowest BCUT2D eigenvalue weighted by Gasteiger charge is -2.38. The molecule has 53 heavy (non-hydrogen) atoms. The molecule has 12 nitrogen and oxygen atoms in total. The molecule has 2 fully saturated rings. The van der Waals surface area contributed by atoms with Gasteiger partial charge in [-0.2, -0.15) is 0 Å². The Morgan fingerprint density at radius 3 is 1.57 bits per heavy atom. The number of aliphatic hydroxyl groups is 1. The lowest BCUT2D eigenvalue weighted by molar-refractivity contribution is -0.121. The van der Waals surface area contributed by atoms with Crippen LogP contribution >= 0.6 is 15.9 Å². The van der Waals surface area contributed by atoms with Crippen LogP contribution in [0.2, 0.25) is 0 Å². The number of hydrogen-bond acceptors (Lipinski definition) is 10. The average Bonchev–Trinajstić information content (AvgIpc) is 3.66. The van der Waals surface area contributed by atoms with Gasteiger partial charge < -0.3 is 33.4 Å². The predicted molar refractivity (Wildman–Crippen MR) is 204 cm³/mol. The Labute approximate surface area is 319 Å². The Morgan fingerprint density at radius 2 is 1.13 bits per heavy atom. The van der Waals surface area contributed by atoms with Crippen LogP contribution in [0.15, 0.2) is 74.2 Å². The van der Waals surface area contributed by atoms with E-state index in [0.717, 1.165) is 27.1 Å². The molecule has 0 saturated carbocycles. The Hall–Kier alpha value is -4.49. The number of aryl methyl sites for hydroxylation is 2. The van der Waals surface area contributed by atoms with Crippen LogP contribution in [0, 0.1) is 13.8 Å². The van der Waals surface area contributed by atoms with Crippen molar-refractivity contribution in [2.24, 2.45) is 0 Å². The molecule has 1 N–H and O–H groups in total. The van der Waals surface area contributed by atoms with E-state index >= 15 is 0 Å². The third-order valence-corrected chi connectivity index (χ3v) is 9.36. The summed E-state index contributed by atoms with van der Waals surface area (Å²) in [4.78, 5) is 37.9. The standard InChI is InChI=1S/C20H26N2O4.C10H8BrNO.C10H17NO3/c1-14-16(17(21-26-14)15-8-6-5-7-9-15)20(24)10-12-22(13-11-20)18(23)25-19(2,3)4;1-7-9(11)10(12-13-7)8-5-3-2-4-6-8;1-10(2,3)14-9(13)11-6-4-8(12)5-7-11/h5-9,24H,10-13H2,1-4H3;2-6H,1H3;4-7H2,1-3H3. The third kappa shape index (κ3) is 11.8. The number of carbonyl (C=O) groups excluding carboxylic acids is 3. The van der Waals surface area contributed by atoms with Crippen LogP contribution in [0.1, 0.15) is 84.3 Å². The number of aromatic nitrogens is 2. The molecule has 2 aliphatic rings. The summed E-state index contributed by atoms with van der Waals surface area (Å²) in [5.41, 5.74) is 2.14. The van der Waals surface area contributed by atoms with Gasteiger partial charge in [0.1, 0.15) is 39.9 Å². The number of carbonyl (C=O) groups is 3. The molecule has 2 aromatic heterocycles. The van der Waals surface area contributed by atoms with Crippen LogP contribution < -0.4 is 0 Å². The highest BCUT2D eigenvalue weighted by atomic mass is 79.9. The van der Waals surface area contributed by atoms with Gasteiger partial charge in [0.15, 0.2) is 0 Å². The number of likely N-dealkylation sites (tertiary alicyclic amines) is 2. The van der Waals surface area contributed by atoms with Crippen molar-refractivity contribution in [3.05, 3.63) is 82.2 Å². The van der Waals surface area contributed by atoms with Gasteiger partial charge >= 0.3 is 12.2 Å². The van der Waals surface area contributed by atoms with E-state index in [4.69, 9.17) is 18.5 Å². The molecule has 13 heteroatoms. The highest BCUT2D eigenvalue weighted by Crippen LogP contribution is 2.40. The van der Waals surface area contributed by atoms with E-state index in [0.29, 0.717) is 68.9 Å². The van der Waals surface area contributed by atoms with Crippen molar-refractivity contribution >= 4 is 33.9 Å². The van der Waals surface area contributed by atoms with Crippen molar-refractivity contribution in [2.75, 3.05) is 26.2 Å². The summed E-state index contributed by atoms with van der Waals surface area (Å²) in [6, 6.07) is 19.6. The number of Topliss-reactive ketones (excluding diaryl/α,β-unsaturated/α-hetero) is 1. The maximum atomic E-state index is 12.3. The van der Waals surface area contributed by atoms with Gasteiger partial charge in [-0.05, 0) is 84.2 Å². The van der Waals surface area contributed by atoms with E-state index in [1.807, 2.05) is 116 Å². The Kier molecular flexibility index (Phi) is 13.7. The van der Waals surface area contributed by atoms with Gasteiger partial charge in [-0.25, -0.2) is 9.59 Å². The number of ketones is 1. The van der Waals surface area contributed by atoms with Crippen LogP contribution in [0.3, 0.4) is 0 Å². The average molecular weight is 796 g/mol. The second kappa shape index (κ2) is 17.6. The van der Waals surface area contributed by atoms with E-state index < -0.39 is 16.8 Å². The lowest BCUT2D eigenvalue weighted by Crippen LogP contribution is -2.47. The van der Waals surface area contributed by atoms with Gasteiger partial charge in [-0.15, -0.1) is 0 Å². The molecule has 286 valence electrons. The highest BCUT2D eigenvalue weighted by molar-refractivity contribution is 9.10. The van der Waals surface area contributed by atoms with Crippen LogP contribution in [0.4, 0.5) is 9.59 Å². The van der Waals surface area contributed by atoms with E-state index in [1.54, 1.807) is 9.80 Å². The topological polar surface area (TPSA) is 148 Å². The number of ether oxygens (including phenoxy) is 2. The summed E-state index contributed by atoms with van der Waals surface area (Å²) < 4.78 is 22.0. The number of hydrogen-bond donors (Lipinski definition) is 1. The SMILES string of the molecule is CC(C)(C)OC(=O)N1CCC(=O)CC1.Cc1onc(-c2ccccc2)c1Br.Cc1onc(-c2ccccc2)c1C1(O)CCN(C(=O)OC(C)(C)C)CC1. The smallest absolute Gasteiger partial charge is 0.410 e. The molecule has 2 aliphatic heterocycles. The molecule has 0 radical (unpaired) electrons. The van der Waals surface area contributed by atoms with Crippen molar-refractivity contribution < 1.29 is 38.0 Å². The second-order valence-corrected chi connectivity index (χ2v) is 15.9. The van der Waals surface area contributed by atoms with Crippen molar-refractivity contribution in [1.82, 2.24) is 20.1 Å². The van der Waals surface area contributed by atoms with Gasteiger partial charge in [0, 0.05) is 50.1 Å². The van der Waals surface area contributed by atoms with Gasteiger partial charge in [0.2, 0.25) is 0 Å². The van der Waals surface area contributed by atoms with Crippen molar-refractivity contribution in [3.63, 3.8) is 0 Å². The van der Waals surface area contributed by atoms with Gasteiger partial charge in [0.05, 0.1) is 15.6 Å². The third-order valence-electron chi connectivity index (χ3n) is 8.43. The first-order valence-electron chi connectivity index (χ1n) is 17.8. The fraction of sp³-hybridized carbons (Fsp3) is 0.475. The summed E-state index contributed by atoms with van der Waals surface area (Å²) in [6.45, 7) is 16.6. The maximum absolute atomic E-state index is 12.3. The fourth-order valence-electron chi connectivity index (χ4n) is 5.75. The molecule has 2 aromatic carbocycles. The summed E-state index contributed by atoms with van der Waals surface area (Å²) >= 11 is 3.43. The summed E-state index contributed by atoms with van der Waals surface area (Å²) in [5, 5.41) is 19.4. The molecule has 0 atom stereocenters. The zero-order valence-electron chi connectivity index (χ0n) is 31.9. The predicted octanol–water partition coefficient (Wildman–Crippen LogP) is 8.87. The molecule has 0 unspecified atom stereocenters. The van der Waals surface area contributed by atoms with E-state index in [1.165, 1.54) is 0 Å². The highest BCUT2D eigenvalue weighted by Gasteiger charge is 2.41. The number of halogens is 1. The van der Waals surface area contributed by atoms with Crippen LogP contribution in [-0.2, 0) is 19.9 Å². The molecule has 2 saturated heterocycles. The number of amides is 2. The molecule has 0 aliphatic carbocycles. The quantitative estimate of drug-likeness (QED) is 0.213. The van der Waals surface area contributed by atoms with E-state index in [2.05, 4.69) is 26.2 Å². The molecule has 2 amide bonds. The van der Waals surface area contributed by atoms with E-state index in [-0.39, 0.29) is 18.0 Å². The lowest BCUT2D eigenvalue weighted by atomic mass is 9.82. The minimum Gasteiger partial charge on any atom is -0.444 e. The number of rotatable bonds is 3.